The van der Waals surface area contributed by atoms with Crippen molar-refractivity contribution in [3.05, 3.63) is 0 Å². The summed E-state index contributed by atoms with van der Waals surface area (Å²) in [7, 11) is 0. The molecule has 124 valence electrons. The highest BCUT2D eigenvalue weighted by molar-refractivity contribution is 4.83. The molecule has 0 aromatic carbocycles. The highest BCUT2D eigenvalue weighted by Gasteiger charge is 2.27. The van der Waals surface area contributed by atoms with Gasteiger partial charge in [-0.2, -0.15) is 0 Å². The van der Waals surface area contributed by atoms with Gasteiger partial charge in [-0.05, 0) is 53.2 Å². The predicted molar refractivity (Wildman–Crippen MR) is 88.9 cm³/mol. The molecule has 4 heteroatoms. The number of likely N-dealkylation sites (tertiary alicyclic amines) is 1. The Labute approximate surface area is 131 Å². The van der Waals surface area contributed by atoms with Crippen molar-refractivity contribution in [2.45, 2.75) is 52.2 Å². The Morgan fingerprint density at radius 1 is 0.905 bits per heavy atom. The van der Waals surface area contributed by atoms with Crippen LogP contribution >= 0.6 is 0 Å². The minimum atomic E-state index is -0.00270. The zero-order valence-electron chi connectivity index (χ0n) is 14.6. The highest BCUT2D eigenvalue weighted by atomic mass is 16.5. The standard InChI is InChI=1S/C17H35N3O/c1-5-18-10-12-20(13-11-18)16-6-8-19(9-7-16)14-15-21-17(2,3)4/h16H,5-15H2,1-4H3. The molecule has 0 amide bonds. The summed E-state index contributed by atoms with van der Waals surface area (Å²) in [6.07, 6.45) is 2.67. The summed E-state index contributed by atoms with van der Waals surface area (Å²) in [6.45, 7) is 19.4. The first-order valence-corrected chi connectivity index (χ1v) is 8.80. The average molecular weight is 297 g/mol. The van der Waals surface area contributed by atoms with Gasteiger partial charge in [-0.15, -0.1) is 0 Å². The summed E-state index contributed by atoms with van der Waals surface area (Å²) in [6, 6.07) is 0.823. The SMILES string of the molecule is CCN1CCN(C2CCN(CCOC(C)(C)C)CC2)CC1. The van der Waals surface area contributed by atoms with Gasteiger partial charge in [-0.1, -0.05) is 6.92 Å². The van der Waals surface area contributed by atoms with Crippen molar-refractivity contribution in [1.29, 1.82) is 0 Å². The van der Waals surface area contributed by atoms with Gasteiger partial charge in [-0.25, -0.2) is 0 Å². The van der Waals surface area contributed by atoms with E-state index in [0.717, 1.165) is 19.2 Å². The average Bonchev–Trinajstić information content (AvgIpc) is 2.47. The highest BCUT2D eigenvalue weighted by Crippen LogP contribution is 2.18. The number of likely N-dealkylation sites (N-methyl/N-ethyl adjacent to an activating group) is 1. The molecule has 0 unspecified atom stereocenters. The van der Waals surface area contributed by atoms with Crippen molar-refractivity contribution in [3.63, 3.8) is 0 Å². The predicted octanol–water partition coefficient (Wildman–Crippen LogP) is 1.90. The quantitative estimate of drug-likeness (QED) is 0.771. The Bertz CT molecular complexity index is 287. The van der Waals surface area contributed by atoms with Crippen LogP contribution in [0.5, 0.6) is 0 Å². The number of nitrogens with zero attached hydrogens (tertiary/aromatic N) is 3. The molecule has 0 atom stereocenters. The topological polar surface area (TPSA) is 19.0 Å². The fourth-order valence-corrected chi connectivity index (χ4v) is 3.43. The van der Waals surface area contributed by atoms with Crippen LogP contribution < -0.4 is 0 Å². The summed E-state index contributed by atoms with van der Waals surface area (Å²) in [5, 5.41) is 0. The van der Waals surface area contributed by atoms with Crippen LogP contribution in [-0.4, -0.2) is 85.3 Å². The van der Waals surface area contributed by atoms with Crippen LogP contribution in [0, 0.1) is 0 Å². The molecule has 0 aromatic heterocycles. The molecule has 0 spiro atoms. The van der Waals surface area contributed by atoms with Crippen molar-refractivity contribution in [1.82, 2.24) is 14.7 Å². The first-order chi connectivity index (χ1) is 9.98. The molecule has 2 fully saturated rings. The Morgan fingerprint density at radius 3 is 2.05 bits per heavy atom. The van der Waals surface area contributed by atoms with Crippen LogP contribution in [-0.2, 0) is 4.74 Å². The zero-order valence-corrected chi connectivity index (χ0v) is 14.6. The summed E-state index contributed by atoms with van der Waals surface area (Å²) in [5.74, 6) is 0. The van der Waals surface area contributed by atoms with Gasteiger partial charge in [0.1, 0.15) is 0 Å². The van der Waals surface area contributed by atoms with Crippen LogP contribution in [0.25, 0.3) is 0 Å². The molecule has 2 saturated heterocycles. The molecule has 0 N–H and O–H groups in total. The third-order valence-corrected chi connectivity index (χ3v) is 4.87. The van der Waals surface area contributed by atoms with Crippen molar-refractivity contribution in [2.24, 2.45) is 0 Å². The van der Waals surface area contributed by atoms with Crippen LogP contribution in [0.3, 0.4) is 0 Å². The lowest BCUT2D eigenvalue weighted by Gasteiger charge is -2.42. The van der Waals surface area contributed by atoms with Gasteiger partial charge in [0, 0.05) is 38.8 Å². The molecule has 0 radical (unpaired) electrons. The molecule has 2 rings (SSSR count). The van der Waals surface area contributed by atoms with Crippen LogP contribution in [0.2, 0.25) is 0 Å². The minimum Gasteiger partial charge on any atom is -0.375 e. The fraction of sp³-hybridized carbons (Fsp3) is 1.00. The Morgan fingerprint density at radius 2 is 1.52 bits per heavy atom. The van der Waals surface area contributed by atoms with Crippen molar-refractivity contribution < 1.29 is 4.74 Å². The van der Waals surface area contributed by atoms with E-state index in [4.69, 9.17) is 4.74 Å². The first-order valence-electron chi connectivity index (χ1n) is 8.80. The number of hydrogen-bond acceptors (Lipinski definition) is 4. The second-order valence-electron chi connectivity index (χ2n) is 7.50. The van der Waals surface area contributed by atoms with E-state index in [1.165, 1.54) is 58.7 Å². The van der Waals surface area contributed by atoms with Gasteiger partial charge in [-0.3, -0.25) is 4.90 Å². The Balaban J connectivity index is 1.62. The van der Waals surface area contributed by atoms with Crippen molar-refractivity contribution >= 4 is 0 Å². The monoisotopic (exact) mass is 297 g/mol. The second kappa shape index (κ2) is 7.91. The van der Waals surface area contributed by atoms with Gasteiger partial charge in [0.2, 0.25) is 0 Å². The Hall–Kier alpha value is -0.160. The fourth-order valence-electron chi connectivity index (χ4n) is 3.43. The molecule has 2 heterocycles. The number of rotatable bonds is 5. The van der Waals surface area contributed by atoms with E-state index < -0.39 is 0 Å². The molecule has 0 aliphatic carbocycles. The summed E-state index contributed by atoms with van der Waals surface area (Å²) in [4.78, 5) is 7.87. The molecule has 21 heavy (non-hydrogen) atoms. The summed E-state index contributed by atoms with van der Waals surface area (Å²) < 4.78 is 5.84. The van der Waals surface area contributed by atoms with E-state index in [9.17, 15) is 0 Å². The van der Waals surface area contributed by atoms with Gasteiger partial charge in [0.15, 0.2) is 0 Å². The number of hydrogen-bond donors (Lipinski definition) is 0. The van der Waals surface area contributed by atoms with Crippen LogP contribution in [0.4, 0.5) is 0 Å². The number of piperidine rings is 1. The van der Waals surface area contributed by atoms with Crippen molar-refractivity contribution in [3.8, 4) is 0 Å². The third kappa shape index (κ3) is 5.85. The van der Waals surface area contributed by atoms with Gasteiger partial charge in [0.25, 0.3) is 0 Å². The van der Waals surface area contributed by atoms with E-state index in [2.05, 4.69) is 42.4 Å². The van der Waals surface area contributed by atoms with Gasteiger partial charge >= 0.3 is 0 Å². The molecule has 0 aromatic rings. The largest absolute Gasteiger partial charge is 0.375 e. The normalized spacial score (nSPS) is 24.6. The lowest BCUT2D eigenvalue weighted by atomic mass is 10.0. The van der Waals surface area contributed by atoms with Crippen molar-refractivity contribution in [2.75, 3.05) is 59.0 Å². The molecule has 2 aliphatic rings. The maximum Gasteiger partial charge on any atom is 0.0600 e. The summed E-state index contributed by atoms with van der Waals surface area (Å²) >= 11 is 0. The van der Waals surface area contributed by atoms with E-state index in [1.807, 2.05) is 0 Å². The maximum atomic E-state index is 5.84. The van der Waals surface area contributed by atoms with E-state index in [-0.39, 0.29) is 5.60 Å². The first kappa shape index (κ1) is 17.2. The number of ether oxygens (including phenoxy) is 1. The minimum absolute atomic E-state index is 0.00270. The molecule has 0 saturated carbocycles. The van der Waals surface area contributed by atoms with Crippen LogP contribution in [0.15, 0.2) is 0 Å². The maximum absolute atomic E-state index is 5.84. The molecule has 4 nitrogen and oxygen atoms in total. The smallest absolute Gasteiger partial charge is 0.0600 e. The van der Waals surface area contributed by atoms with Gasteiger partial charge < -0.3 is 14.5 Å². The lowest BCUT2D eigenvalue weighted by Crippen LogP contribution is -2.53. The van der Waals surface area contributed by atoms with Gasteiger partial charge in [0.05, 0.1) is 12.2 Å². The molecule has 2 aliphatic heterocycles. The third-order valence-electron chi connectivity index (χ3n) is 4.87. The zero-order chi connectivity index (χ0) is 15.3. The Kier molecular flexibility index (Phi) is 6.48. The van der Waals surface area contributed by atoms with E-state index >= 15 is 0 Å². The molecular formula is C17H35N3O. The molecule has 0 bridgehead atoms. The van der Waals surface area contributed by atoms with E-state index in [0.29, 0.717) is 0 Å². The van der Waals surface area contributed by atoms with Crippen LogP contribution in [0.1, 0.15) is 40.5 Å². The summed E-state index contributed by atoms with van der Waals surface area (Å²) in [5.41, 5.74) is -0.00270. The van der Waals surface area contributed by atoms with E-state index in [1.54, 1.807) is 0 Å². The second-order valence-corrected chi connectivity index (χ2v) is 7.50. The molecular weight excluding hydrogens is 262 g/mol. The lowest BCUT2D eigenvalue weighted by molar-refractivity contribution is -0.0189. The number of piperazine rings is 1.